The highest BCUT2D eigenvalue weighted by molar-refractivity contribution is 7.98. The summed E-state index contributed by atoms with van der Waals surface area (Å²) < 4.78 is 40.2. The van der Waals surface area contributed by atoms with Crippen LogP contribution < -0.4 is 10.2 Å². The minimum atomic E-state index is -4.71. The average molecular weight is 516 g/mol. The van der Waals surface area contributed by atoms with E-state index in [-0.39, 0.29) is 42.1 Å². The van der Waals surface area contributed by atoms with Crippen molar-refractivity contribution in [1.82, 2.24) is 15.2 Å². The van der Waals surface area contributed by atoms with Gasteiger partial charge in [0.15, 0.2) is 5.78 Å². The first-order valence-electron chi connectivity index (χ1n) is 10.9. The molecular weight excluding hydrogens is 495 g/mol. The van der Waals surface area contributed by atoms with Crippen LogP contribution in [0.4, 0.5) is 28.4 Å². The number of Topliss-reactive ketones (excluding diaryl/α,β-unsaturated/α-hetero) is 1. The number of nitrogens with one attached hydrogen (secondary N) is 1. The number of rotatable bonds is 4. The van der Waals surface area contributed by atoms with Crippen LogP contribution in [0.15, 0.2) is 52.8 Å². The topological polar surface area (TPSA) is 106 Å². The summed E-state index contributed by atoms with van der Waals surface area (Å²) in [5.41, 5.74) is -0.0622. The largest absolute Gasteiger partial charge is 0.417 e. The molecule has 2 heterocycles. The zero-order valence-electron chi connectivity index (χ0n) is 19.2. The number of hydrogen-bond acceptors (Lipinski definition) is 6. The number of nitriles is 1. The molecule has 1 N–H and O–H groups in total. The van der Waals surface area contributed by atoms with Crippen LogP contribution in [0.2, 0.25) is 0 Å². The summed E-state index contributed by atoms with van der Waals surface area (Å²) in [7, 11) is 0. The van der Waals surface area contributed by atoms with Gasteiger partial charge in [-0.2, -0.15) is 18.4 Å². The minimum absolute atomic E-state index is 0.0332. The molecule has 1 aromatic heterocycles. The van der Waals surface area contributed by atoms with E-state index < -0.39 is 29.8 Å². The zero-order chi connectivity index (χ0) is 26.2. The van der Waals surface area contributed by atoms with Gasteiger partial charge in [-0.3, -0.25) is 14.7 Å². The van der Waals surface area contributed by atoms with Gasteiger partial charge in [0.05, 0.1) is 35.1 Å². The Morgan fingerprint density at radius 1 is 1.25 bits per heavy atom. The molecule has 4 amide bonds. The quantitative estimate of drug-likeness (QED) is 0.573. The van der Waals surface area contributed by atoms with Crippen molar-refractivity contribution in [1.29, 1.82) is 5.26 Å². The summed E-state index contributed by atoms with van der Waals surface area (Å²) in [6.45, 7) is 1.82. The lowest BCUT2D eigenvalue weighted by molar-refractivity contribution is -0.137. The molecule has 1 aromatic carbocycles. The number of thioether (sulfide) groups is 1. The van der Waals surface area contributed by atoms with Crippen molar-refractivity contribution in [2.24, 2.45) is 0 Å². The lowest BCUT2D eigenvalue weighted by Gasteiger charge is -2.41. The molecule has 0 saturated carbocycles. The van der Waals surface area contributed by atoms with Gasteiger partial charge in [0, 0.05) is 35.3 Å². The second kappa shape index (κ2) is 9.66. The van der Waals surface area contributed by atoms with E-state index in [1.807, 2.05) is 6.07 Å². The summed E-state index contributed by atoms with van der Waals surface area (Å²) in [5.74, 6) is -0.321. The van der Waals surface area contributed by atoms with Gasteiger partial charge in [0.1, 0.15) is 0 Å². The first-order chi connectivity index (χ1) is 17.1. The summed E-state index contributed by atoms with van der Waals surface area (Å²) in [5, 5.41) is 11.9. The molecule has 2 aromatic rings. The Morgan fingerprint density at radius 2 is 2.00 bits per heavy atom. The number of benzene rings is 1. The molecule has 0 radical (unpaired) electrons. The highest BCUT2D eigenvalue weighted by Gasteiger charge is 2.49. The van der Waals surface area contributed by atoms with Crippen LogP contribution in [0.1, 0.15) is 42.5 Å². The molecule has 8 nitrogen and oxygen atoms in total. The van der Waals surface area contributed by atoms with Gasteiger partial charge in [-0.1, -0.05) is 6.07 Å². The predicted octanol–water partition coefficient (Wildman–Crippen LogP) is 5.02. The molecule has 1 aliphatic heterocycles. The van der Waals surface area contributed by atoms with Crippen molar-refractivity contribution in [2.45, 2.75) is 36.9 Å². The number of halogens is 3. The van der Waals surface area contributed by atoms with Crippen molar-refractivity contribution < 1.29 is 27.6 Å². The van der Waals surface area contributed by atoms with Crippen molar-refractivity contribution in [3.8, 4) is 6.07 Å². The number of amides is 4. The van der Waals surface area contributed by atoms with Crippen LogP contribution in [0.3, 0.4) is 0 Å². The number of pyridine rings is 1. The van der Waals surface area contributed by atoms with E-state index in [4.69, 9.17) is 0 Å². The Kier molecular flexibility index (Phi) is 6.77. The van der Waals surface area contributed by atoms with Gasteiger partial charge in [-0.05, 0) is 43.4 Å². The number of allylic oxidation sites excluding steroid dienone is 1. The summed E-state index contributed by atoms with van der Waals surface area (Å²) in [6, 6.07) is 4.70. The standard InChI is InChI=1S/C24H20F3N5O3S/c1-3-30-22(34)32-21(16-5-4-13(10-28)8-19(16)36-2)20-17(6-7-18(20)33)31(23(32)35)15-9-14(11-29-12-15)24(25,26)27/h4-5,8-9,11-12,21H,3,6-7H2,1-2H3,(H,30,34). The molecule has 0 fully saturated rings. The third kappa shape index (κ3) is 4.30. The van der Waals surface area contributed by atoms with Crippen LogP contribution >= 0.6 is 11.8 Å². The monoisotopic (exact) mass is 515 g/mol. The summed E-state index contributed by atoms with van der Waals surface area (Å²) >= 11 is 1.28. The van der Waals surface area contributed by atoms with Gasteiger partial charge in [0.2, 0.25) is 0 Å². The Hall–Kier alpha value is -3.85. The van der Waals surface area contributed by atoms with E-state index >= 15 is 0 Å². The molecule has 0 spiro atoms. The second-order valence-electron chi connectivity index (χ2n) is 8.01. The number of ketones is 1. The molecule has 1 unspecified atom stereocenters. The number of imide groups is 1. The van der Waals surface area contributed by atoms with Crippen LogP contribution in [0.25, 0.3) is 0 Å². The molecule has 4 rings (SSSR count). The average Bonchev–Trinajstić information content (AvgIpc) is 3.23. The van der Waals surface area contributed by atoms with Crippen molar-refractivity contribution in [2.75, 3.05) is 17.7 Å². The molecule has 12 heteroatoms. The Morgan fingerprint density at radius 3 is 2.64 bits per heavy atom. The van der Waals surface area contributed by atoms with Crippen LogP contribution in [-0.4, -0.2) is 40.5 Å². The van der Waals surface area contributed by atoms with Crippen molar-refractivity contribution in [3.63, 3.8) is 0 Å². The van der Waals surface area contributed by atoms with Crippen LogP contribution in [-0.2, 0) is 11.0 Å². The van der Waals surface area contributed by atoms with Gasteiger partial charge in [-0.15, -0.1) is 11.8 Å². The summed E-state index contributed by atoms with van der Waals surface area (Å²) in [6.07, 6.45) is -1.08. The van der Waals surface area contributed by atoms with Crippen molar-refractivity contribution >= 4 is 35.3 Å². The van der Waals surface area contributed by atoms with Crippen LogP contribution in [0, 0.1) is 11.3 Å². The number of aromatic nitrogens is 1. The van der Waals surface area contributed by atoms with E-state index in [1.165, 1.54) is 17.8 Å². The molecule has 1 aliphatic carbocycles. The smallest absolute Gasteiger partial charge is 0.338 e. The molecule has 2 aliphatic rings. The fraction of sp³-hybridized carbons (Fsp3) is 0.292. The number of hydrogen-bond donors (Lipinski definition) is 1. The van der Waals surface area contributed by atoms with E-state index in [0.29, 0.717) is 22.2 Å². The zero-order valence-corrected chi connectivity index (χ0v) is 20.0. The lowest BCUT2D eigenvalue weighted by atomic mass is 9.92. The number of nitrogens with zero attached hydrogens (tertiary/aromatic N) is 4. The van der Waals surface area contributed by atoms with Gasteiger partial charge in [0.25, 0.3) is 0 Å². The summed E-state index contributed by atoms with van der Waals surface area (Å²) in [4.78, 5) is 46.2. The molecule has 0 saturated heterocycles. The van der Waals surface area contributed by atoms with Gasteiger partial charge < -0.3 is 5.32 Å². The molecular formula is C24H20F3N5O3S. The fourth-order valence-electron chi connectivity index (χ4n) is 4.38. The predicted molar refractivity (Wildman–Crippen MR) is 125 cm³/mol. The third-order valence-corrected chi connectivity index (χ3v) is 6.71. The highest BCUT2D eigenvalue weighted by Crippen LogP contribution is 2.47. The number of alkyl halides is 3. The Labute approximate surface area is 208 Å². The first kappa shape index (κ1) is 25.2. The fourth-order valence-corrected chi connectivity index (χ4v) is 5.04. The van der Waals surface area contributed by atoms with Crippen molar-refractivity contribution in [3.05, 3.63) is 64.6 Å². The Balaban J connectivity index is 1.97. The van der Waals surface area contributed by atoms with Gasteiger partial charge >= 0.3 is 18.2 Å². The minimum Gasteiger partial charge on any atom is -0.338 e. The molecule has 0 bridgehead atoms. The van der Waals surface area contributed by atoms with Gasteiger partial charge in [-0.25, -0.2) is 14.5 Å². The normalized spacial score (nSPS) is 17.8. The number of carbonyl (C=O) groups is 3. The number of urea groups is 2. The second-order valence-corrected chi connectivity index (χ2v) is 8.86. The number of anilines is 1. The SMILES string of the molecule is CCNC(=O)N1C(=O)N(c2cncc(C(F)(F)F)c2)C2=C(C(=O)CC2)C1c1ccc(C#N)cc1SC. The van der Waals surface area contributed by atoms with Crippen LogP contribution in [0.5, 0.6) is 0 Å². The van der Waals surface area contributed by atoms with E-state index in [9.17, 15) is 32.8 Å². The Bertz CT molecular complexity index is 1340. The molecule has 1 atom stereocenters. The first-order valence-corrected chi connectivity index (χ1v) is 12.1. The number of carbonyl (C=O) groups excluding carboxylic acids is 3. The van der Waals surface area contributed by atoms with E-state index in [2.05, 4.69) is 10.3 Å². The lowest BCUT2D eigenvalue weighted by Crippen LogP contribution is -2.55. The maximum atomic E-state index is 13.8. The molecule has 36 heavy (non-hydrogen) atoms. The third-order valence-electron chi connectivity index (χ3n) is 5.91. The highest BCUT2D eigenvalue weighted by atomic mass is 32.2. The molecule has 186 valence electrons. The maximum Gasteiger partial charge on any atom is 0.417 e. The maximum absolute atomic E-state index is 13.8. The van der Waals surface area contributed by atoms with E-state index in [1.54, 1.807) is 25.3 Å². The van der Waals surface area contributed by atoms with E-state index in [0.717, 1.165) is 22.1 Å².